The highest BCUT2D eigenvalue weighted by Crippen LogP contribution is 2.34. The Kier molecular flexibility index (Phi) is 4.96. The Balaban J connectivity index is 2.22. The van der Waals surface area contributed by atoms with Crippen molar-refractivity contribution in [3.63, 3.8) is 0 Å². The molecule has 0 aliphatic carbocycles. The van der Waals surface area contributed by atoms with Gasteiger partial charge in [0.25, 0.3) is 0 Å². The highest BCUT2D eigenvalue weighted by molar-refractivity contribution is 6.36. The summed E-state index contributed by atoms with van der Waals surface area (Å²) in [7, 11) is 3.97. The number of rotatable bonds is 4. The second-order valence-corrected chi connectivity index (χ2v) is 5.85. The zero-order valence-corrected chi connectivity index (χ0v) is 13.6. The fraction of sp³-hybridized carbons (Fsp3) is 0.250. The van der Waals surface area contributed by atoms with Crippen LogP contribution in [-0.2, 0) is 0 Å². The molecule has 0 saturated carbocycles. The third-order valence-electron chi connectivity index (χ3n) is 3.28. The van der Waals surface area contributed by atoms with Crippen molar-refractivity contribution >= 4 is 34.6 Å². The Morgan fingerprint density at radius 3 is 2.24 bits per heavy atom. The van der Waals surface area contributed by atoms with Gasteiger partial charge in [-0.1, -0.05) is 23.2 Å². The van der Waals surface area contributed by atoms with Crippen LogP contribution in [0.1, 0.15) is 18.5 Å². The number of nitrogens with zero attached hydrogens (tertiary/aromatic N) is 1. The number of hydrogen-bond donors (Lipinski definition) is 1. The average molecular weight is 327 g/mol. The normalized spacial score (nSPS) is 12.1. The molecule has 0 fully saturated rings. The summed E-state index contributed by atoms with van der Waals surface area (Å²) >= 11 is 12.2. The van der Waals surface area contributed by atoms with Crippen LogP contribution in [0.15, 0.2) is 36.4 Å². The Morgan fingerprint density at radius 2 is 1.67 bits per heavy atom. The summed E-state index contributed by atoms with van der Waals surface area (Å²) in [6.07, 6.45) is 0. The second-order valence-electron chi connectivity index (χ2n) is 5.06. The van der Waals surface area contributed by atoms with Gasteiger partial charge in [0, 0.05) is 36.1 Å². The number of halogens is 3. The van der Waals surface area contributed by atoms with E-state index in [9.17, 15) is 4.39 Å². The fourth-order valence-electron chi connectivity index (χ4n) is 2.12. The molecular weight excluding hydrogens is 310 g/mol. The van der Waals surface area contributed by atoms with Crippen LogP contribution in [0.4, 0.5) is 15.8 Å². The van der Waals surface area contributed by atoms with Gasteiger partial charge in [-0.2, -0.15) is 0 Å². The lowest BCUT2D eigenvalue weighted by molar-refractivity contribution is 0.624. The number of anilines is 2. The first-order valence-electron chi connectivity index (χ1n) is 6.57. The Morgan fingerprint density at radius 1 is 1.05 bits per heavy atom. The van der Waals surface area contributed by atoms with Crippen molar-refractivity contribution in [3.05, 3.63) is 57.8 Å². The molecule has 5 heteroatoms. The molecule has 0 aliphatic rings. The van der Waals surface area contributed by atoms with E-state index in [4.69, 9.17) is 23.2 Å². The Bertz CT molecular complexity index is 627. The summed E-state index contributed by atoms with van der Waals surface area (Å²) in [5.41, 5.74) is 2.59. The molecule has 112 valence electrons. The van der Waals surface area contributed by atoms with Gasteiger partial charge in [0.15, 0.2) is 0 Å². The summed E-state index contributed by atoms with van der Waals surface area (Å²) in [5, 5.41) is 3.79. The lowest BCUT2D eigenvalue weighted by Crippen LogP contribution is -2.10. The first-order valence-corrected chi connectivity index (χ1v) is 7.33. The van der Waals surface area contributed by atoms with E-state index in [1.807, 2.05) is 50.2 Å². The standard InChI is InChI=1S/C16H17Cl2FN2/c1-10(15-13(17)8-9-14(19)16(15)18)20-11-4-6-12(7-5-11)21(2)3/h4-10,20H,1-3H3. The van der Waals surface area contributed by atoms with Crippen molar-refractivity contribution in [2.24, 2.45) is 0 Å². The largest absolute Gasteiger partial charge is 0.378 e. The predicted octanol–water partition coefficient (Wildman–Crippen LogP) is 5.37. The highest BCUT2D eigenvalue weighted by atomic mass is 35.5. The van der Waals surface area contributed by atoms with E-state index in [1.54, 1.807) is 0 Å². The molecule has 0 heterocycles. The molecule has 1 N–H and O–H groups in total. The number of hydrogen-bond acceptors (Lipinski definition) is 2. The molecule has 0 aliphatic heterocycles. The Labute approximate surface area is 134 Å². The molecule has 21 heavy (non-hydrogen) atoms. The molecule has 0 aromatic heterocycles. The average Bonchev–Trinajstić information content (AvgIpc) is 2.44. The maximum Gasteiger partial charge on any atom is 0.142 e. The minimum absolute atomic E-state index is 0.0624. The third kappa shape index (κ3) is 3.60. The lowest BCUT2D eigenvalue weighted by Gasteiger charge is -2.19. The molecule has 0 saturated heterocycles. The van der Waals surface area contributed by atoms with Gasteiger partial charge >= 0.3 is 0 Å². The summed E-state index contributed by atoms with van der Waals surface area (Å²) in [6, 6.07) is 10.5. The molecule has 1 unspecified atom stereocenters. The van der Waals surface area contributed by atoms with Crippen LogP contribution in [0, 0.1) is 5.82 Å². The monoisotopic (exact) mass is 326 g/mol. The molecule has 2 aromatic rings. The van der Waals surface area contributed by atoms with Gasteiger partial charge in [-0.05, 0) is 43.3 Å². The molecule has 1 atom stereocenters. The van der Waals surface area contributed by atoms with Gasteiger partial charge in [-0.25, -0.2) is 4.39 Å². The summed E-state index contributed by atoms with van der Waals surface area (Å²) in [5.74, 6) is -0.465. The summed E-state index contributed by atoms with van der Waals surface area (Å²) < 4.78 is 13.6. The van der Waals surface area contributed by atoms with Crippen LogP contribution < -0.4 is 10.2 Å². The molecule has 2 nitrogen and oxygen atoms in total. The van der Waals surface area contributed by atoms with E-state index >= 15 is 0 Å². The first kappa shape index (κ1) is 15.9. The van der Waals surface area contributed by atoms with Gasteiger partial charge in [-0.15, -0.1) is 0 Å². The molecule has 0 spiro atoms. The fourth-order valence-corrected chi connectivity index (χ4v) is 2.82. The minimum Gasteiger partial charge on any atom is -0.378 e. The third-order valence-corrected chi connectivity index (χ3v) is 3.99. The maximum atomic E-state index is 13.6. The van der Waals surface area contributed by atoms with Crippen molar-refractivity contribution in [2.45, 2.75) is 13.0 Å². The first-order chi connectivity index (χ1) is 9.90. The predicted molar refractivity (Wildman–Crippen MR) is 89.2 cm³/mol. The molecule has 2 rings (SSSR count). The lowest BCUT2D eigenvalue weighted by atomic mass is 10.1. The molecule has 0 bridgehead atoms. The van der Waals surface area contributed by atoms with Crippen molar-refractivity contribution in [1.29, 1.82) is 0 Å². The molecule has 0 radical (unpaired) electrons. The van der Waals surface area contributed by atoms with Crippen LogP contribution >= 0.6 is 23.2 Å². The molecule has 2 aromatic carbocycles. The van der Waals surface area contributed by atoms with E-state index in [1.165, 1.54) is 12.1 Å². The van der Waals surface area contributed by atoms with Crippen LogP contribution in [-0.4, -0.2) is 14.1 Å². The highest BCUT2D eigenvalue weighted by Gasteiger charge is 2.17. The zero-order valence-electron chi connectivity index (χ0n) is 12.1. The second kappa shape index (κ2) is 6.54. The molecule has 0 amide bonds. The summed E-state index contributed by atoms with van der Waals surface area (Å²) in [4.78, 5) is 2.02. The zero-order chi connectivity index (χ0) is 15.6. The van der Waals surface area contributed by atoms with Crippen molar-refractivity contribution in [3.8, 4) is 0 Å². The van der Waals surface area contributed by atoms with Crippen LogP contribution in [0.3, 0.4) is 0 Å². The van der Waals surface area contributed by atoms with E-state index < -0.39 is 5.82 Å². The molecular formula is C16H17Cl2FN2. The van der Waals surface area contributed by atoms with E-state index in [2.05, 4.69) is 5.32 Å². The summed E-state index contributed by atoms with van der Waals surface area (Å²) in [6.45, 7) is 1.90. The van der Waals surface area contributed by atoms with Gasteiger partial charge in [0.2, 0.25) is 0 Å². The van der Waals surface area contributed by atoms with E-state index in [-0.39, 0.29) is 11.1 Å². The van der Waals surface area contributed by atoms with Crippen LogP contribution in [0.2, 0.25) is 10.0 Å². The smallest absolute Gasteiger partial charge is 0.142 e. The van der Waals surface area contributed by atoms with E-state index in [0.717, 1.165) is 11.4 Å². The minimum atomic E-state index is -0.465. The van der Waals surface area contributed by atoms with Gasteiger partial charge < -0.3 is 10.2 Å². The van der Waals surface area contributed by atoms with Gasteiger partial charge in [0.1, 0.15) is 5.82 Å². The number of benzene rings is 2. The van der Waals surface area contributed by atoms with Crippen molar-refractivity contribution < 1.29 is 4.39 Å². The van der Waals surface area contributed by atoms with Crippen molar-refractivity contribution in [2.75, 3.05) is 24.3 Å². The van der Waals surface area contributed by atoms with Crippen molar-refractivity contribution in [1.82, 2.24) is 0 Å². The van der Waals surface area contributed by atoms with E-state index in [0.29, 0.717) is 10.6 Å². The number of nitrogens with one attached hydrogen (secondary N) is 1. The van der Waals surface area contributed by atoms with Crippen LogP contribution in [0.25, 0.3) is 0 Å². The maximum absolute atomic E-state index is 13.6. The van der Waals surface area contributed by atoms with Gasteiger partial charge in [-0.3, -0.25) is 0 Å². The van der Waals surface area contributed by atoms with Gasteiger partial charge in [0.05, 0.1) is 11.1 Å². The Hall–Kier alpha value is -1.45. The quantitative estimate of drug-likeness (QED) is 0.759. The van der Waals surface area contributed by atoms with Crippen LogP contribution in [0.5, 0.6) is 0 Å². The topological polar surface area (TPSA) is 15.3 Å². The SMILES string of the molecule is CC(Nc1ccc(N(C)C)cc1)c1c(Cl)ccc(F)c1Cl.